The van der Waals surface area contributed by atoms with Gasteiger partial charge in [-0.3, -0.25) is 4.79 Å². The van der Waals surface area contributed by atoms with Crippen LogP contribution in [0.3, 0.4) is 0 Å². The molecule has 20 heteroatoms. The van der Waals surface area contributed by atoms with Crippen molar-refractivity contribution in [2.24, 2.45) is 0 Å². The van der Waals surface area contributed by atoms with Gasteiger partial charge in [0.2, 0.25) is 0 Å². The molecule has 1 unspecified atom stereocenters. The minimum absolute atomic E-state index is 0. The summed E-state index contributed by atoms with van der Waals surface area (Å²) in [6.45, 7) is -2.33. The first kappa shape index (κ1) is 45.6. The van der Waals surface area contributed by atoms with Crippen molar-refractivity contribution in [2.45, 2.75) is 55.6 Å². The van der Waals surface area contributed by atoms with Crippen LogP contribution in [0.5, 0.6) is 5.75 Å². The number of nitrogens with zero attached hydrogens (tertiary/aromatic N) is 1. The molecule has 3 aromatic rings. The van der Waals surface area contributed by atoms with Gasteiger partial charge < -0.3 is 38.6 Å². The van der Waals surface area contributed by atoms with Gasteiger partial charge in [0.05, 0.1) is 55.9 Å². The number of carbonyl (C=O) groups excluding carboxylic acids is 1. The van der Waals surface area contributed by atoms with Crippen LogP contribution in [0.2, 0.25) is 0 Å². The number of phosphoric ester groups is 1. The molecule has 51 heavy (non-hydrogen) atoms. The van der Waals surface area contributed by atoms with Crippen LogP contribution >= 0.6 is 7.82 Å². The number of rotatable bonds is 15. The standard InChI is InChI=1S/C31H34F5N2O9PS.2Na/c1-2-49(43,44)27-13-5-20(6-14-27)28(15-16-46-48(40,41)42)37-29(39)21-3-9-23(10-4-21)38-18-26(17-24(38)19-45-30(32)33)47-25-11-7-22(8-12-25)31(34,35)36;;/h3-14,24,26,28,30H,2,15-19H2,1H3,(H,37,39)(H2,40,41,42);;/q;2*+1/p-2/t24-,26-,28?;;/m0../s1. The van der Waals surface area contributed by atoms with Crippen LogP contribution in [0.1, 0.15) is 47.3 Å². The van der Waals surface area contributed by atoms with Crippen LogP contribution < -0.4 is 83.9 Å². The van der Waals surface area contributed by atoms with Crippen LogP contribution in [0, 0.1) is 0 Å². The van der Waals surface area contributed by atoms with Crippen molar-refractivity contribution in [3.63, 3.8) is 0 Å². The summed E-state index contributed by atoms with van der Waals surface area (Å²) in [4.78, 5) is 37.0. The largest absolute Gasteiger partial charge is 1.00 e. The molecule has 0 saturated carbocycles. The Morgan fingerprint density at radius 2 is 1.61 bits per heavy atom. The van der Waals surface area contributed by atoms with E-state index in [9.17, 15) is 49.5 Å². The van der Waals surface area contributed by atoms with Crippen molar-refractivity contribution in [3.8, 4) is 5.75 Å². The first-order valence-corrected chi connectivity index (χ1v) is 18.0. The van der Waals surface area contributed by atoms with Gasteiger partial charge in [-0.2, -0.15) is 22.0 Å². The average Bonchev–Trinajstić information content (AvgIpc) is 3.45. The summed E-state index contributed by atoms with van der Waals surface area (Å²) >= 11 is 0. The van der Waals surface area contributed by atoms with E-state index in [2.05, 4.69) is 14.6 Å². The van der Waals surface area contributed by atoms with E-state index in [-0.39, 0.29) is 107 Å². The van der Waals surface area contributed by atoms with Crippen LogP contribution in [-0.2, 0) is 29.8 Å². The van der Waals surface area contributed by atoms with Crippen molar-refractivity contribution in [1.82, 2.24) is 5.32 Å². The number of alkyl halides is 5. The first-order valence-electron chi connectivity index (χ1n) is 14.9. The molecular formula is C31H32F5N2Na2O9PS. The first-order chi connectivity index (χ1) is 22.9. The summed E-state index contributed by atoms with van der Waals surface area (Å²) in [5, 5.41) is 2.72. The van der Waals surface area contributed by atoms with E-state index in [1.54, 1.807) is 17.0 Å². The zero-order valence-electron chi connectivity index (χ0n) is 27.8. The average molecular weight is 781 g/mol. The number of nitrogens with one attached hydrogen (secondary N) is 1. The third-order valence-electron chi connectivity index (χ3n) is 7.72. The Kier molecular flexibility index (Phi) is 17.5. The molecule has 3 atom stereocenters. The fourth-order valence-corrected chi connectivity index (χ4v) is 6.47. The maximum absolute atomic E-state index is 13.2. The maximum Gasteiger partial charge on any atom is 1.00 e. The number of benzene rings is 3. The fourth-order valence-electron chi connectivity index (χ4n) is 5.26. The Balaban J connectivity index is 0.00000451. The number of hydrogen-bond acceptors (Lipinski definition) is 10. The van der Waals surface area contributed by atoms with Gasteiger partial charge in [-0.1, -0.05) is 19.1 Å². The van der Waals surface area contributed by atoms with E-state index >= 15 is 0 Å². The Labute approximate surface area is 336 Å². The Morgan fingerprint density at radius 3 is 2.14 bits per heavy atom. The summed E-state index contributed by atoms with van der Waals surface area (Å²) in [7, 11) is -8.82. The van der Waals surface area contributed by atoms with E-state index in [4.69, 9.17) is 4.74 Å². The van der Waals surface area contributed by atoms with Gasteiger partial charge in [-0.05, 0) is 72.6 Å². The predicted octanol–water partition coefficient (Wildman–Crippen LogP) is -1.52. The van der Waals surface area contributed by atoms with Crippen molar-refractivity contribution >= 4 is 29.3 Å². The van der Waals surface area contributed by atoms with Gasteiger partial charge in [0.1, 0.15) is 11.9 Å². The Bertz CT molecular complexity index is 1720. The molecule has 1 aliphatic heterocycles. The van der Waals surface area contributed by atoms with Gasteiger partial charge in [0, 0.05) is 17.7 Å². The van der Waals surface area contributed by atoms with Gasteiger partial charge >= 0.3 is 71.9 Å². The number of sulfone groups is 1. The summed E-state index contributed by atoms with van der Waals surface area (Å²) in [6, 6.07) is 14.2. The number of ether oxygens (including phenoxy) is 2. The second kappa shape index (κ2) is 19.6. The molecule has 1 saturated heterocycles. The molecule has 268 valence electrons. The quantitative estimate of drug-likeness (QED) is 0.109. The predicted molar refractivity (Wildman–Crippen MR) is 163 cm³/mol. The molecule has 11 nitrogen and oxygen atoms in total. The van der Waals surface area contributed by atoms with E-state index in [0.29, 0.717) is 11.3 Å². The van der Waals surface area contributed by atoms with Crippen LogP contribution in [0.25, 0.3) is 0 Å². The number of anilines is 1. The molecular weight excluding hydrogens is 748 g/mol. The van der Waals surface area contributed by atoms with Crippen molar-refractivity contribution < 1.29 is 123 Å². The second-order valence-electron chi connectivity index (χ2n) is 11.0. The zero-order chi connectivity index (χ0) is 36.0. The molecule has 0 bridgehead atoms. The molecule has 1 aliphatic rings. The minimum atomic E-state index is -5.30. The van der Waals surface area contributed by atoms with Crippen LogP contribution in [-0.4, -0.2) is 58.6 Å². The Morgan fingerprint density at radius 1 is 1.00 bits per heavy atom. The molecule has 1 fully saturated rings. The second-order valence-corrected chi connectivity index (χ2v) is 14.4. The van der Waals surface area contributed by atoms with Crippen LogP contribution in [0.15, 0.2) is 77.7 Å². The Hall–Kier alpha value is -1.60. The number of amides is 1. The van der Waals surface area contributed by atoms with Crippen molar-refractivity contribution in [3.05, 3.63) is 89.5 Å². The summed E-state index contributed by atoms with van der Waals surface area (Å²) in [5.41, 5.74) is 0.219. The molecule has 1 heterocycles. The summed E-state index contributed by atoms with van der Waals surface area (Å²) in [5.74, 6) is -0.588. The zero-order valence-corrected chi connectivity index (χ0v) is 33.6. The van der Waals surface area contributed by atoms with Gasteiger partial charge in [0.25, 0.3) is 5.91 Å². The van der Waals surface area contributed by atoms with Gasteiger partial charge in [-0.25, -0.2) is 8.42 Å². The SMILES string of the molecule is CCS(=O)(=O)c1ccc(C(CCOP(=O)([O-])[O-])NC(=O)c2ccc(N3C[C@@H](Oc4ccc(C(F)(F)F)cc4)C[C@H]3COC(F)F)cc2)cc1.[Na+].[Na+]. The van der Waals surface area contributed by atoms with E-state index < -0.39 is 66.7 Å². The van der Waals surface area contributed by atoms with Gasteiger partial charge in [0.15, 0.2) is 9.84 Å². The number of carbonyl (C=O) groups is 1. The number of hydrogen-bond donors (Lipinski definition) is 1. The number of phosphoric acid groups is 1. The smallest absolute Gasteiger partial charge is 0.790 e. The van der Waals surface area contributed by atoms with Crippen LogP contribution in [0.4, 0.5) is 27.6 Å². The molecule has 4 rings (SSSR count). The van der Waals surface area contributed by atoms with E-state index in [1.165, 1.54) is 55.5 Å². The molecule has 1 amide bonds. The third kappa shape index (κ3) is 13.6. The maximum atomic E-state index is 13.2. The fraction of sp³-hybridized carbons (Fsp3) is 0.387. The molecule has 3 aromatic carbocycles. The van der Waals surface area contributed by atoms with Gasteiger partial charge in [-0.15, -0.1) is 0 Å². The molecule has 1 N–H and O–H groups in total. The minimum Gasteiger partial charge on any atom is -0.790 e. The van der Waals surface area contributed by atoms with E-state index in [0.717, 1.165) is 12.1 Å². The normalized spacial score (nSPS) is 17.0. The molecule has 0 spiro atoms. The summed E-state index contributed by atoms with van der Waals surface area (Å²) < 4.78 is 115. The summed E-state index contributed by atoms with van der Waals surface area (Å²) in [6.07, 6.45) is -5.06. The topological polar surface area (TPSA) is 157 Å². The number of halogens is 5. The third-order valence-corrected chi connectivity index (χ3v) is 9.97. The van der Waals surface area contributed by atoms with Crippen molar-refractivity contribution in [1.29, 1.82) is 0 Å². The van der Waals surface area contributed by atoms with Crippen molar-refractivity contribution in [2.75, 3.05) is 30.4 Å². The molecule has 0 aromatic heterocycles. The van der Waals surface area contributed by atoms with E-state index in [1.807, 2.05) is 0 Å². The molecule has 0 radical (unpaired) electrons. The molecule has 0 aliphatic carbocycles. The monoisotopic (exact) mass is 780 g/mol.